The molecular weight excluding hydrogens is 228 g/mol. The normalized spacial score (nSPS) is 24.3. The quantitative estimate of drug-likeness (QED) is 0.883. The Balaban J connectivity index is 2.36. The number of anilines is 2. The summed E-state index contributed by atoms with van der Waals surface area (Å²) in [5.74, 6) is 1.57. The Hall–Kier alpha value is -1.36. The smallest absolute Gasteiger partial charge is 0.137 e. The Morgan fingerprint density at radius 3 is 2.89 bits per heavy atom. The first-order valence-electron chi connectivity index (χ1n) is 6.64. The lowest BCUT2D eigenvalue weighted by molar-refractivity contribution is 0.0295. The van der Waals surface area contributed by atoms with Crippen molar-refractivity contribution in [1.29, 1.82) is 0 Å². The van der Waals surface area contributed by atoms with Crippen LogP contribution in [0.4, 0.5) is 11.6 Å². The van der Waals surface area contributed by atoms with Gasteiger partial charge in [-0.15, -0.1) is 0 Å². The first-order chi connectivity index (χ1) is 8.67. The van der Waals surface area contributed by atoms with Gasteiger partial charge in [0.2, 0.25) is 0 Å². The van der Waals surface area contributed by atoms with E-state index in [0.717, 1.165) is 37.4 Å². The molecule has 1 fully saturated rings. The van der Waals surface area contributed by atoms with E-state index >= 15 is 0 Å². The Morgan fingerprint density at radius 1 is 1.44 bits per heavy atom. The van der Waals surface area contributed by atoms with E-state index in [9.17, 15) is 0 Å². The minimum atomic E-state index is 0.230. The van der Waals surface area contributed by atoms with Crippen LogP contribution in [0.1, 0.15) is 32.8 Å². The summed E-state index contributed by atoms with van der Waals surface area (Å²) >= 11 is 0. The van der Waals surface area contributed by atoms with Crippen LogP contribution >= 0.6 is 0 Å². The molecule has 1 saturated heterocycles. The van der Waals surface area contributed by atoms with Crippen LogP contribution in [0.15, 0.2) is 6.33 Å². The number of nitrogens with two attached hydrogens (primary N) is 1. The molecule has 2 unspecified atom stereocenters. The molecular formula is C13H22N4O. The molecule has 2 heterocycles. The molecule has 2 atom stereocenters. The van der Waals surface area contributed by atoms with Crippen LogP contribution in [0, 0.1) is 0 Å². The van der Waals surface area contributed by atoms with Crippen LogP contribution in [0.5, 0.6) is 0 Å². The Labute approximate surface area is 108 Å². The first-order valence-corrected chi connectivity index (χ1v) is 6.64. The van der Waals surface area contributed by atoms with Crippen molar-refractivity contribution in [3.8, 4) is 0 Å². The predicted octanol–water partition coefficient (Wildman–Crippen LogP) is 1.62. The molecule has 1 aliphatic heterocycles. The van der Waals surface area contributed by atoms with E-state index < -0.39 is 0 Å². The molecule has 0 aromatic carbocycles. The third-order valence-electron chi connectivity index (χ3n) is 3.52. The highest BCUT2D eigenvalue weighted by molar-refractivity contribution is 5.57. The maximum Gasteiger partial charge on any atom is 0.137 e. The molecule has 2 rings (SSSR count). The minimum Gasteiger partial charge on any atom is -0.383 e. The van der Waals surface area contributed by atoms with Gasteiger partial charge < -0.3 is 15.4 Å². The zero-order valence-electron chi connectivity index (χ0n) is 11.4. The Bertz CT molecular complexity index is 410. The maximum absolute atomic E-state index is 5.95. The Morgan fingerprint density at radius 2 is 2.22 bits per heavy atom. The van der Waals surface area contributed by atoms with Gasteiger partial charge in [-0.05, 0) is 19.8 Å². The summed E-state index contributed by atoms with van der Waals surface area (Å²) in [7, 11) is 0. The zero-order chi connectivity index (χ0) is 13.1. The van der Waals surface area contributed by atoms with Gasteiger partial charge in [0.25, 0.3) is 0 Å². The van der Waals surface area contributed by atoms with Crippen LogP contribution < -0.4 is 10.6 Å². The highest BCUT2D eigenvalue weighted by Crippen LogP contribution is 2.27. The largest absolute Gasteiger partial charge is 0.383 e. The summed E-state index contributed by atoms with van der Waals surface area (Å²) in [6.07, 6.45) is 3.68. The fourth-order valence-corrected chi connectivity index (χ4v) is 2.44. The molecule has 1 aromatic heterocycles. The number of nitrogen functional groups attached to an aromatic ring is 1. The topological polar surface area (TPSA) is 64.3 Å². The first kappa shape index (κ1) is 13.1. The molecule has 5 nitrogen and oxygen atoms in total. The highest BCUT2D eigenvalue weighted by Gasteiger charge is 2.28. The van der Waals surface area contributed by atoms with Crippen molar-refractivity contribution in [3.05, 3.63) is 11.9 Å². The van der Waals surface area contributed by atoms with Gasteiger partial charge in [0.15, 0.2) is 0 Å². The molecule has 2 N–H and O–H groups in total. The number of nitrogens with zero attached hydrogens (tertiary/aromatic N) is 3. The lowest BCUT2D eigenvalue weighted by atomic mass is 10.1. The fourth-order valence-electron chi connectivity index (χ4n) is 2.44. The Kier molecular flexibility index (Phi) is 4.01. The number of aromatic nitrogens is 2. The zero-order valence-corrected chi connectivity index (χ0v) is 11.4. The summed E-state index contributed by atoms with van der Waals surface area (Å²) in [6.45, 7) is 7.97. The van der Waals surface area contributed by atoms with Gasteiger partial charge in [-0.25, -0.2) is 9.97 Å². The molecule has 0 spiro atoms. The minimum absolute atomic E-state index is 0.230. The van der Waals surface area contributed by atoms with E-state index in [0.29, 0.717) is 11.9 Å². The highest BCUT2D eigenvalue weighted by atomic mass is 16.5. The summed E-state index contributed by atoms with van der Waals surface area (Å²) < 4.78 is 5.72. The van der Waals surface area contributed by atoms with E-state index in [4.69, 9.17) is 10.5 Å². The third-order valence-corrected chi connectivity index (χ3v) is 3.52. The standard InChI is InChI=1S/C13H22N4O/c1-4-10-7-18-9(3)6-17(10)13-11(5-2)12(14)15-8-16-13/h8-10H,4-7H2,1-3H3,(H2,14,15,16). The number of ether oxygens (including phenoxy) is 1. The van der Waals surface area contributed by atoms with Crippen LogP contribution in [-0.2, 0) is 11.2 Å². The third kappa shape index (κ3) is 2.41. The second-order valence-corrected chi connectivity index (χ2v) is 4.77. The average molecular weight is 250 g/mol. The van der Waals surface area contributed by atoms with Gasteiger partial charge >= 0.3 is 0 Å². The average Bonchev–Trinajstić information content (AvgIpc) is 2.38. The lowest BCUT2D eigenvalue weighted by Gasteiger charge is -2.40. The van der Waals surface area contributed by atoms with Gasteiger partial charge in [0, 0.05) is 12.1 Å². The van der Waals surface area contributed by atoms with E-state index in [-0.39, 0.29) is 6.10 Å². The molecule has 0 aliphatic carbocycles. The maximum atomic E-state index is 5.95. The van der Waals surface area contributed by atoms with Crippen LogP contribution in [0.25, 0.3) is 0 Å². The van der Waals surface area contributed by atoms with E-state index in [2.05, 4.69) is 35.6 Å². The molecule has 100 valence electrons. The van der Waals surface area contributed by atoms with Crippen molar-refractivity contribution in [1.82, 2.24) is 9.97 Å². The van der Waals surface area contributed by atoms with E-state index in [1.165, 1.54) is 0 Å². The van der Waals surface area contributed by atoms with Crippen LogP contribution in [-0.4, -0.2) is 35.3 Å². The van der Waals surface area contributed by atoms with Gasteiger partial charge in [-0.1, -0.05) is 13.8 Å². The van der Waals surface area contributed by atoms with Crippen molar-refractivity contribution in [2.75, 3.05) is 23.8 Å². The molecule has 0 amide bonds. The summed E-state index contributed by atoms with van der Waals surface area (Å²) in [5, 5.41) is 0. The van der Waals surface area contributed by atoms with Gasteiger partial charge in [0.1, 0.15) is 18.0 Å². The molecule has 0 saturated carbocycles. The molecule has 1 aromatic rings. The van der Waals surface area contributed by atoms with Crippen molar-refractivity contribution in [2.24, 2.45) is 0 Å². The number of hydrogen-bond donors (Lipinski definition) is 1. The van der Waals surface area contributed by atoms with Crippen LogP contribution in [0.2, 0.25) is 0 Å². The predicted molar refractivity (Wildman–Crippen MR) is 72.7 cm³/mol. The molecule has 18 heavy (non-hydrogen) atoms. The fraction of sp³-hybridized carbons (Fsp3) is 0.692. The SMILES string of the molecule is CCc1c(N)ncnc1N1CC(C)OCC1CC. The summed E-state index contributed by atoms with van der Waals surface area (Å²) in [4.78, 5) is 10.9. The summed E-state index contributed by atoms with van der Waals surface area (Å²) in [6, 6.07) is 0.376. The van der Waals surface area contributed by atoms with Crippen molar-refractivity contribution in [3.63, 3.8) is 0 Å². The molecule has 0 bridgehead atoms. The molecule has 1 aliphatic rings. The van der Waals surface area contributed by atoms with Gasteiger partial charge in [-0.2, -0.15) is 0 Å². The van der Waals surface area contributed by atoms with Gasteiger partial charge in [-0.3, -0.25) is 0 Å². The molecule has 5 heteroatoms. The van der Waals surface area contributed by atoms with Crippen LogP contribution in [0.3, 0.4) is 0 Å². The number of hydrogen-bond acceptors (Lipinski definition) is 5. The second kappa shape index (κ2) is 5.52. The summed E-state index contributed by atoms with van der Waals surface area (Å²) in [5.41, 5.74) is 7.00. The van der Waals surface area contributed by atoms with Crippen molar-refractivity contribution < 1.29 is 4.74 Å². The van der Waals surface area contributed by atoms with E-state index in [1.807, 2.05) is 0 Å². The molecule has 0 radical (unpaired) electrons. The van der Waals surface area contributed by atoms with Crippen molar-refractivity contribution in [2.45, 2.75) is 45.8 Å². The lowest BCUT2D eigenvalue weighted by Crippen LogP contribution is -2.49. The van der Waals surface area contributed by atoms with E-state index in [1.54, 1.807) is 6.33 Å². The second-order valence-electron chi connectivity index (χ2n) is 4.77. The monoisotopic (exact) mass is 250 g/mol. The van der Waals surface area contributed by atoms with Crippen molar-refractivity contribution >= 4 is 11.6 Å². The number of rotatable bonds is 3. The van der Waals surface area contributed by atoms with Gasteiger partial charge in [0.05, 0.1) is 18.8 Å². The number of morpholine rings is 1.